The quantitative estimate of drug-likeness (QED) is 0.440. The molecule has 2 aromatic rings. The van der Waals surface area contributed by atoms with Crippen molar-refractivity contribution < 1.29 is 14.3 Å². The first-order valence-electron chi connectivity index (χ1n) is 8.77. The topological polar surface area (TPSA) is 70.4 Å². The minimum Gasteiger partial charge on any atom is -0.456 e. The predicted octanol–water partition coefficient (Wildman–Crippen LogP) is 4.62. The minimum absolute atomic E-state index is 0.198. The Bertz CT molecular complexity index is 832. The highest BCUT2D eigenvalue weighted by Crippen LogP contribution is 2.21. The number of aryl methyl sites for hydroxylation is 1. The Morgan fingerprint density at radius 2 is 1.82 bits per heavy atom. The van der Waals surface area contributed by atoms with Crippen LogP contribution in [0.25, 0.3) is 0 Å². The van der Waals surface area contributed by atoms with Crippen molar-refractivity contribution in [3.05, 3.63) is 59.1 Å². The second kappa shape index (κ2) is 11.4. The van der Waals surface area contributed by atoms with Crippen LogP contribution < -0.4 is 4.90 Å². The number of esters is 1. The largest absolute Gasteiger partial charge is 0.456 e. The molecule has 7 heteroatoms. The van der Waals surface area contributed by atoms with Gasteiger partial charge in [-0.3, -0.25) is 9.59 Å². The number of carbonyl (C=O) groups is 2. The van der Waals surface area contributed by atoms with Gasteiger partial charge in [0.2, 0.25) is 0 Å². The number of nitriles is 1. The first kappa shape index (κ1) is 21.8. The van der Waals surface area contributed by atoms with Gasteiger partial charge in [-0.15, -0.1) is 11.8 Å². The molecule has 0 radical (unpaired) electrons. The van der Waals surface area contributed by atoms with Crippen molar-refractivity contribution in [3.8, 4) is 6.07 Å². The molecule has 0 aromatic heterocycles. The van der Waals surface area contributed by atoms with E-state index in [2.05, 4.69) is 0 Å². The summed E-state index contributed by atoms with van der Waals surface area (Å²) in [5.74, 6) is -0.234. The molecule has 2 aromatic carbocycles. The van der Waals surface area contributed by atoms with E-state index in [9.17, 15) is 9.59 Å². The van der Waals surface area contributed by atoms with E-state index in [1.54, 1.807) is 12.1 Å². The molecular formula is C21H21ClN2O3S. The molecular weight excluding hydrogens is 396 g/mol. The number of halogens is 1. The van der Waals surface area contributed by atoms with Crippen molar-refractivity contribution >= 4 is 40.9 Å². The van der Waals surface area contributed by atoms with Crippen molar-refractivity contribution in [2.45, 2.75) is 24.7 Å². The number of carbonyl (C=O) groups excluding carboxylic acids is 2. The summed E-state index contributed by atoms with van der Waals surface area (Å²) in [6, 6.07) is 16.8. The van der Waals surface area contributed by atoms with Crippen LogP contribution in [-0.4, -0.2) is 30.8 Å². The van der Waals surface area contributed by atoms with Crippen molar-refractivity contribution in [2.24, 2.45) is 0 Å². The van der Waals surface area contributed by atoms with Crippen molar-refractivity contribution in [1.82, 2.24) is 0 Å². The van der Waals surface area contributed by atoms with Gasteiger partial charge in [0.1, 0.15) is 0 Å². The average molecular weight is 417 g/mol. The highest BCUT2D eigenvalue weighted by atomic mass is 35.5. The Labute approximate surface area is 174 Å². The van der Waals surface area contributed by atoms with E-state index < -0.39 is 5.97 Å². The number of rotatable bonds is 9. The van der Waals surface area contributed by atoms with Crippen molar-refractivity contribution in [3.63, 3.8) is 0 Å². The number of hydrogen-bond acceptors (Lipinski definition) is 5. The molecule has 146 valence electrons. The number of anilines is 1. The number of nitrogens with zero attached hydrogens (tertiary/aromatic N) is 2. The molecule has 0 saturated heterocycles. The van der Waals surface area contributed by atoms with Crippen molar-refractivity contribution in [1.29, 1.82) is 5.26 Å². The fraction of sp³-hybridized carbons (Fsp3) is 0.286. The van der Waals surface area contributed by atoms with Gasteiger partial charge in [-0.25, -0.2) is 0 Å². The number of amides is 1. The van der Waals surface area contributed by atoms with Crippen LogP contribution in [0.4, 0.5) is 5.69 Å². The summed E-state index contributed by atoms with van der Waals surface area (Å²) in [6.45, 7) is 1.86. The second-order valence-electron chi connectivity index (χ2n) is 6.00. The van der Waals surface area contributed by atoms with Gasteiger partial charge >= 0.3 is 5.97 Å². The summed E-state index contributed by atoms with van der Waals surface area (Å²) in [5, 5.41) is 9.49. The number of benzene rings is 2. The fourth-order valence-corrected chi connectivity index (χ4v) is 3.32. The Balaban J connectivity index is 1.81. The lowest BCUT2D eigenvalue weighted by Gasteiger charge is -2.21. The molecule has 0 aliphatic carbocycles. The van der Waals surface area contributed by atoms with Gasteiger partial charge in [0.05, 0.1) is 18.9 Å². The Morgan fingerprint density at radius 1 is 1.14 bits per heavy atom. The minimum atomic E-state index is -0.432. The zero-order valence-electron chi connectivity index (χ0n) is 15.6. The van der Waals surface area contributed by atoms with Crippen LogP contribution in [0.2, 0.25) is 5.02 Å². The molecule has 1 amide bonds. The lowest BCUT2D eigenvalue weighted by Crippen LogP contribution is -2.35. The van der Waals surface area contributed by atoms with Gasteiger partial charge in [0.15, 0.2) is 6.61 Å². The summed E-state index contributed by atoms with van der Waals surface area (Å²) in [7, 11) is 0. The van der Waals surface area contributed by atoms with Gasteiger partial charge in [0.25, 0.3) is 5.91 Å². The molecule has 0 bridgehead atoms. The highest BCUT2D eigenvalue weighted by molar-refractivity contribution is 7.99. The molecule has 0 fully saturated rings. The van der Waals surface area contributed by atoms with Crippen LogP contribution in [0, 0.1) is 18.3 Å². The predicted molar refractivity (Wildman–Crippen MR) is 112 cm³/mol. The third kappa shape index (κ3) is 7.26. The van der Waals surface area contributed by atoms with Crippen LogP contribution in [0.15, 0.2) is 53.4 Å². The van der Waals surface area contributed by atoms with Gasteiger partial charge in [-0.05, 0) is 43.3 Å². The maximum absolute atomic E-state index is 12.5. The average Bonchev–Trinajstić information content (AvgIpc) is 2.69. The molecule has 0 heterocycles. The molecule has 2 rings (SSSR count). The molecule has 0 atom stereocenters. The normalized spacial score (nSPS) is 10.2. The van der Waals surface area contributed by atoms with Gasteiger partial charge < -0.3 is 9.64 Å². The molecule has 5 nitrogen and oxygen atoms in total. The Hall–Kier alpha value is -2.49. The lowest BCUT2D eigenvalue weighted by molar-refractivity contribution is -0.147. The standard InChI is InChI=1S/C21H21ClN2O3S/c1-16-3-7-18(8-4-16)24(13-2-12-23)20(25)15-27-21(26)11-14-28-19-9-5-17(22)6-10-19/h3-10H,2,11,13-15H2,1H3. The smallest absolute Gasteiger partial charge is 0.307 e. The van der Waals surface area contributed by atoms with Gasteiger partial charge in [0, 0.05) is 27.9 Å². The first-order valence-corrected chi connectivity index (χ1v) is 10.1. The van der Waals surface area contributed by atoms with E-state index in [4.69, 9.17) is 21.6 Å². The second-order valence-corrected chi connectivity index (χ2v) is 7.61. The zero-order valence-corrected chi connectivity index (χ0v) is 17.1. The lowest BCUT2D eigenvalue weighted by atomic mass is 10.2. The summed E-state index contributed by atoms with van der Waals surface area (Å²) in [6.07, 6.45) is 0.397. The summed E-state index contributed by atoms with van der Waals surface area (Å²) in [4.78, 5) is 26.9. The van der Waals surface area contributed by atoms with E-state index in [0.717, 1.165) is 10.5 Å². The SMILES string of the molecule is Cc1ccc(N(CCC#N)C(=O)COC(=O)CCSc2ccc(Cl)cc2)cc1. The molecule has 28 heavy (non-hydrogen) atoms. The van der Waals surface area contributed by atoms with E-state index >= 15 is 0 Å². The third-order valence-corrected chi connectivity index (χ3v) is 5.10. The van der Waals surface area contributed by atoms with Crippen LogP contribution >= 0.6 is 23.4 Å². The monoisotopic (exact) mass is 416 g/mol. The molecule has 0 aliphatic heterocycles. The first-order chi connectivity index (χ1) is 13.5. The van der Waals surface area contributed by atoms with Crippen molar-refractivity contribution in [2.75, 3.05) is 23.8 Å². The molecule has 0 spiro atoms. The van der Waals surface area contributed by atoms with E-state index in [1.165, 1.54) is 16.7 Å². The van der Waals surface area contributed by atoms with Gasteiger partial charge in [-0.2, -0.15) is 5.26 Å². The zero-order chi connectivity index (χ0) is 20.4. The molecule has 0 saturated carbocycles. The van der Waals surface area contributed by atoms with Gasteiger partial charge in [-0.1, -0.05) is 29.3 Å². The maximum atomic E-state index is 12.5. The van der Waals surface area contributed by atoms with E-state index in [1.807, 2.05) is 49.4 Å². The Kier molecular flexibility index (Phi) is 8.86. The van der Waals surface area contributed by atoms with Crippen LogP contribution in [0.3, 0.4) is 0 Å². The molecule has 0 aliphatic rings. The number of thioether (sulfide) groups is 1. The maximum Gasteiger partial charge on any atom is 0.307 e. The molecule has 0 N–H and O–H groups in total. The number of hydrogen-bond donors (Lipinski definition) is 0. The highest BCUT2D eigenvalue weighted by Gasteiger charge is 2.17. The fourth-order valence-electron chi connectivity index (χ4n) is 2.36. The van der Waals surface area contributed by atoms with Crippen LogP contribution in [0.1, 0.15) is 18.4 Å². The van der Waals surface area contributed by atoms with Crippen LogP contribution in [-0.2, 0) is 14.3 Å². The molecule has 0 unspecified atom stereocenters. The summed E-state index contributed by atoms with van der Waals surface area (Å²) < 4.78 is 5.12. The Morgan fingerprint density at radius 3 is 2.46 bits per heavy atom. The van der Waals surface area contributed by atoms with E-state index in [0.29, 0.717) is 16.5 Å². The summed E-state index contributed by atoms with van der Waals surface area (Å²) in [5.41, 5.74) is 1.75. The third-order valence-electron chi connectivity index (χ3n) is 3.84. The number of ether oxygens (including phenoxy) is 1. The van der Waals surface area contributed by atoms with E-state index in [-0.39, 0.29) is 31.9 Å². The van der Waals surface area contributed by atoms with Crippen LogP contribution in [0.5, 0.6) is 0 Å². The summed E-state index contributed by atoms with van der Waals surface area (Å²) >= 11 is 7.36.